The fourth-order valence-corrected chi connectivity index (χ4v) is 3.24. The highest BCUT2D eigenvalue weighted by Gasteiger charge is 2.34. The summed E-state index contributed by atoms with van der Waals surface area (Å²) >= 11 is 3.47. The number of hydrogen-bond acceptors (Lipinski definition) is 3. The SMILES string of the molecule is Brc1ccc([C@@H](C2CCC2)N2CCNCC2)nc1.Cl.Cl. The van der Waals surface area contributed by atoms with Crippen molar-refractivity contribution in [3.05, 3.63) is 28.5 Å². The molecule has 6 heteroatoms. The van der Waals surface area contributed by atoms with Gasteiger partial charge in [0, 0.05) is 36.8 Å². The molecule has 0 bridgehead atoms. The smallest absolute Gasteiger partial charge is 0.0579 e. The highest BCUT2D eigenvalue weighted by atomic mass is 79.9. The Kier molecular flexibility index (Phi) is 7.77. The third-order valence-electron chi connectivity index (χ3n) is 4.19. The Hall–Kier alpha value is 0.130. The molecular weight excluding hydrogens is 361 g/mol. The van der Waals surface area contributed by atoms with Crippen molar-refractivity contribution in [2.75, 3.05) is 26.2 Å². The predicted molar refractivity (Wildman–Crippen MR) is 91.0 cm³/mol. The molecule has 114 valence electrons. The maximum Gasteiger partial charge on any atom is 0.0579 e. The zero-order valence-corrected chi connectivity index (χ0v) is 14.6. The molecule has 1 atom stereocenters. The first kappa shape index (κ1) is 18.2. The van der Waals surface area contributed by atoms with Crippen LogP contribution in [0.5, 0.6) is 0 Å². The number of piperazine rings is 1. The van der Waals surface area contributed by atoms with Crippen LogP contribution in [0.15, 0.2) is 22.8 Å². The lowest BCUT2D eigenvalue weighted by Crippen LogP contribution is -2.48. The van der Waals surface area contributed by atoms with E-state index in [0.717, 1.165) is 36.6 Å². The van der Waals surface area contributed by atoms with Crippen LogP contribution in [0, 0.1) is 5.92 Å². The van der Waals surface area contributed by atoms with Gasteiger partial charge in [0.15, 0.2) is 0 Å². The summed E-state index contributed by atoms with van der Waals surface area (Å²) in [6.45, 7) is 4.53. The average molecular weight is 383 g/mol. The minimum Gasteiger partial charge on any atom is -0.314 e. The van der Waals surface area contributed by atoms with Crippen LogP contribution in [0.2, 0.25) is 0 Å². The number of rotatable bonds is 3. The average Bonchev–Trinajstić information content (AvgIpc) is 2.36. The number of halogens is 3. The van der Waals surface area contributed by atoms with Crippen LogP contribution in [0.4, 0.5) is 0 Å². The standard InChI is InChI=1S/C14H20BrN3.2ClH/c15-12-4-5-13(17-10-12)14(11-2-1-3-11)18-8-6-16-7-9-18;;/h4-5,10-11,14,16H,1-3,6-9H2;2*1H/t14-;;/m1../s1. The molecule has 1 saturated heterocycles. The van der Waals surface area contributed by atoms with Crippen LogP contribution in [-0.2, 0) is 0 Å². The molecule has 2 heterocycles. The lowest BCUT2D eigenvalue weighted by Gasteiger charge is -2.42. The van der Waals surface area contributed by atoms with Crippen molar-refractivity contribution < 1.29 is 0 Å². The Bertz CT molecular complexity index is 392. The number of pyridine rings is 1. The molecule has 1 N–H and O–H groups in total. The first-order valence-electron chi connectivity index (χ1n) is 6.91. The molecule has 2 aliphatic rings. The Balaban J connectivity index is 0.000001000. The van der Waals surface area contributed by atoms with E-state index in [1.807, 2.05) is 6.20 Å². The van der Waals surface area contributed by atoms with Gasteiger partial charge in [0.2, 0.25) is 0 Å². The molecule has 3 rings (SSSR count). The highest BCUT2D eigenvalue weighted by Crippen LogP contribution is 2.40. The highest BCUT2D eigenvalue weighted by molar-refractivity contribution is 9.10. The summed E-state index contributed by atoms with van der Waals surface area (Å²) in [5.74, 6) is 0.816. The number of nitrogens with one attached hydrogen (secondary N) is 1. The molecule has 1 aliphatic heterocycles. The summed E-state index contributed by atoms with van der Waals surface area (Å²) in [6.07, 6.45) is 6.06. The van der Waals surface area contributed by atoms with Crippen molar-refractivity contribution in [1.29, 1.82) is 0 Å². The molecule has 1 aromatic heterocycles. The molecular formula is C14H22BrCl2N3. The molecule has 0 radical (unpaired) electrons. The van der Waals surface area contributed by atoms with Crippen LogP contribution in [0.3, 0.4) is 0 Å². The number of nitrogens with zero attached hydrogens (tertiary/aromatic N) is 2. The Morgan fingerprint density at radius 3 is 2.40 bits per heavy atom. The third-order valence-corrected chi connectivity index (χ3v) is 4.66. The van der Waals surface area contributed by atoms with E-state index >= 15 is 0 Å². The van der Waals surface area contributed by atoms with Gasteiger partial charge < -0.3 is 5.32 Å². The van der Waals surface area contributed by atoms with E-state index < -0.39 is 0 Å². The fraction of sp³-hybridized carbons (Fsp3) is 0.643. The Labute approximate surface area is 141 Å². The summed E-state index contributed by atoms with van der Waals surface area (Å²) in [5.41, 5.74) is 1.25. The van der Waals surface area contributed by atoms with Crippen LogP contribution < -0.4 is 5.32 Å². The maximum absolute atomic E-state index is 4.65. The van der Waals surface area contributed by atoms with Crippen LogP contribution in [0.25, 0.3) is 0 Å². The second-order valence-electron chi connectivity index (χ2n) is 5.32. The zero-order chi connectivity index (χ0) is 12.4. The topological polar surface area (TPSA) is 28.2 Å². The van der Waals surface area contributed by atoms with Gasteiger partial charge in [-0.15, -0.1) is 24.8 Å². The van der Waals surface area contributed by atoms with Crippen molar-refractivity contribution in [3.8, 4) is 0 Å². The van der Waals surface area contributed by atoms with Gasteiger partial charge >= 0.3 is 0 Å². The Morgan fingerprint density at radius 1 is 1.20 bits per heavy atom. The zero-order valence-electron chi connectivity index (χ0n) is 11.4. The number of aromatic nitrogens is 1. The summed E-state index contributed by atoms with van der Waals surface area (Å²) in [4.78, 5) is 7.27. The van der Waals surface area contributed by atoms with Crippen molar-refractivity contribution in [1.82, 2.24) is 15.2 Å². The molecule has 0 unspecified atom stereocenters. The number of hydrogen-bond donors (Lipinski definition) is 1. The normalized spacial score (nSPS) is 21.2. The largest absolute Gasteiger partial charge is 0.314 e. The van der Waals surface area contributed by atoms with Gasteiger partial charge in [-0.2, -0.15) is 0 Å². The van der Waals surface area contributed by atoms with Gasteiger partial charge in [0.1, 0.15) is 0 Å². The maximum atomic E-state index is 4.65. The quantitative estimate of drug-likeness (QED) is 0.867. The summed E-state index contributed by atoms with van der Waals surface area (Å²) in [6, 6.07) is 4.85. The van der Waals surface area contributed by atoms with Crippen LogP contribution in [-0.4, -0.2) is 36.1 Å². The van der Waals surface area contributed by atoms with Gasteiger partial charge in [-0.3, -0.25) is 9.88 Å². The summed E-state index contributed by atoms with van der Waals surface area (Å²) in [7, 11) is 0. The van der Waals surface area contributed by atoms with Crippen LogP contribution >= 0.6 is 40.7 Å². The second-order valence-corrected chi connectivity index (χ2v) is 6.24. The Morgan fingerprint density at radius 2 is 1.90 bits per heavy atom. The minimum atomic E-state index is 0. The lowest BCUT2D eigenvalue weighted by molar-refractivity contribution is 0.0808. The summed E-state index contributed by atoms with van der Waals surface area (Å²) in [5, 5.41) is 3.44. The van der Waals surface area contributed by atoms with Gasteiger partial charge in [0.05, 0.1) is 11.7 Å². The monoisotopic (exact) mass is 381 g/mol. The molecule has 0 aromatic carbocycles. The fourth-order valence-electron chi connectivity index (χ4n) is 3.00. The molecule has 0 spiro atoms. The molecule has 0 amide bonds. The summed E-state index contributed by atoms with van der Waals surface area (Å²) < 4.78 is 1.07. The second kappa shape index (κ2) is 8.54. The molecule has 1 aromatic rings. The van der Waals surface area contributed by atoms with Gasteiger partial charge in [-0.05, 0) is 46.8 Å². The molecule has 3 nitrogen and oxygen atoms in total. The van der Waals surface area contributed by atoms with Gasteiger partial charge in [-0.1, -0.05) is 6.42 Å². The first-order valence-corrected chi connectivity index (χ1v) is 7.70. The van der Waals surface area contributed by atoms with Crippen molar-refractivity contribution in [2.45, 2.75) is 25.3 Å². The van der Waals surface area contributed by atoms with E-state index in [4.69, 9.17) is 0 Å². The molecule has 2 fully saturated rings. The van der Waals surface area contributed by atoms with Crippen molar-refractivity contribution in [3.63, 3.8) is 0 Å². The van der Waals surface area contributed by atoms with Crippen molar-refractivity contribution >= 4 is 40.7 Å². The minimum absolute atomic E-state index is 0. The molecule has 1 saturated carbocycles. The van der Waals surface area contributed by atoms with E-state index in [0.29, 0.717) is 6.04 Å². The van der Waals surface area contributed by atoms with E-state index in [1.165, 1.54) is 25.0 Å². The third kappa shape index (κ3) is 4.08. The van der Waals surface area contributed by atoms with E-state index in [1.54, 1.807) is 0 Å². The predicted octanol–water partition coefficient (Wildman–Crippen LogP) is 3.43. The van der Waals surface area contributed by atoms with Gasteiger partial charge in [0.25, 0.3) is 0 Å². The van der Waals surface area contributed by atoms with Crippen molar-refractivity contribution in [2.24, 2.45) is 5.92 Å². The van der Waals surface area contributed by atoms with E-state index in [9.17, 15) is 0 Å². The first-order chi connectivity index (χ1) is 8.84. The van der Waals surface area contributed by atoms with Gasteiger partial charge in [-0.25, -0.2) is 0 Å². The molecule has 1 aliphatic carbocycles. The molecule has 20 heavy (non-hydrogen) atoms. The van der Waals surface area contributed by atoms with E-state index in [2.05, 4.69) is 43.3 Å². The van der Waals surface area contributed by atoms with E-state index in [-0.39, 0.29) is 24.8 Å². The lowest BCUT2D eigenvalue weighted by atomic mass is 9.77. The van der Waals surface area contributed by atoms with Crippen LogP contribution in [0.1, 0.15) is 31.0 Å².